The summed E-state index contributed by atoms with van der Waals surface area (Å²) in [5.41, 5.74) is 1.66. The Balaban J connectivity index is 1.55. The third-order valence-electron chi connectivity index (χ3n) is 5.67. The van der Waals surface area contributed by atoms with Gasteiger partial charge in [-0.2, -0.15) is 0 Å². The molecule has 0 aliphatic carbocycles. The minimum atomic E-state index is -0.292. The fourth-order valence-corrected chi connectivity index (χ4v) is 5.30. The van der Waals surface area contributed by atoms with Crippen LogP contribution in [-0.2, 0) is 0 Å². The molecule has 0 radical (unpaired) electrons. The maximum atomic E-state index is 6.37. The summed E-state index contributed by atoms with van der Waals surface area (Å²) < 4.78 is 17.4. The molecule has 2 atom stereocenters. The zero-order valence-electron chi connectivity index (χ0n) is 19.0. The van der Waals surface area contributed by atoms with Crippen LogP contribution in [-0.4, -0.2) is 24.3 Å². The van der Waals surface area contributed by atoms with Crippen molar-refractivity contribution in [2.45, 2.75) is 22.1 Å². The molecule has 1 aliphatic rings. The number of methoxy groups -OCH3 is 2. The first-order chi connectivity index (χ1) is 17.1. The maximum absolute atomic E-state index is 6.37. The molecule has 0 unspecified atom stereocenters. The summed E-state index contributed by atoms with van der Waals surface area (Å²) in [5.74, 6) is 2.09. The number of rotatable bonds is 7. The average molecular weight is 524 g/mol. The summed E-state index contributed by atoms with van der Waals surface area (Å²) >= 11 is 13.4. The number of hydrogen-bond acceptors (Lipinski definition) is 6. The predicted octanol–water partition coefficient (Wildman–Crippen LogP) is 6.67. The minimum Gasteiger partial charge on any atom is -0.497 e. The Labute approximate surface area is 218 Å². The van der Waals surface area contributed by atoms with Crippen LogP contribution in [0.2, 0.25) is 5.02 Å². The molecule has 178 valence electrons. The molecule has 1 aliphatic heterocycles. The number of nitrogens with zero attached hydrogens (tertiary/aromatic N) is 2. The number of nitrogens with one attached hydrogen (secondary N) is 1. The maximum Gasteiger partial charge on any atom is 0.174 e. The molecule has 9 heteroatoms. The van der Waals surface area contributed by atoms with Gasteiger partial charge in [-0.1, -0.05) is 29.4 Å². The molecule has 6 nitrogen and oxygen atoms in total. The van der Waals surface area contributed by atoms with Gasteiger partial charge in [0.25, 0.3) is 0 Å². The largest absolute Gasteiger partial charge is 0.497 e. The van der Waals surface area contributed by atoms with E-state index in [1.54, 1.807) is 20.4 Å². The summed E-state index contributed by atoms with van der Waals surface area (Å²) in [4.78, 5) is 7.64. The molecule has 0 bridgehead atoms. The number of aromatic nitrogens is 1. The Bertz CT molecular complexity index is 1330. The highest BCUT2D eigenvalue weighted by molar-refractivity contribution is 7.99. The number of hydrogen-bond donors (Lipinski definition) is 1. The zero-order valence-corrected chi connectivity index (χ0v) is 21.4. The van der Waals surface area contributed by atoms with E-state index in [2.05, 4.69) is 10.3 Å². The predicted molar refractivity (Wildman–Crippen MR) is 142 cm³/mol. The van der Waals surface area contributed by atoms with Crippen molar-refractivity contribution in [3.63, 3.8) is 0 Å². The van der Waals surface area contributed by atoms with E-state index in [4.69, 9.17) is 37.7 Å². The second-order valence-electron chi connectivity index (χ2n) is 7.75. The quantitative estimate of drug-likeness (QED) is 0.269. The fourth-order valence-electron chi connectivity index (χ4n) is 4.05. The molecule has 35 heavy (non-hydrogen) atoms. The van der Waals surface area contributed by atoms with Gasteiger partial charge in [0.15, 0.2) is 10.2 Å². The third-order valence-corrected chi connectivity index (χ3v) is 7.17. The van der Waals surface area contributed by atoms with Crippen LogP contribution < -0.4 is 19.7 Å². The van der Waals surface area contributed by atoms with Crippen LogP contribution in [0.15, 0.2) is 93.4 Å². The van der Waals surface area contributed by atoms with Gasteiger partial charge < -0.3 is 24.1 Å². The van der Waals surface area contributed by atoms with Gasteiger partial charge >= 0.3 is 0 Å². The molecule has 0 spiro atoms. The number of ether oxygens (including phenoxy) is 2. The fraction of sp³-hybridized carbons (Fsp3) is 0.154. The standard InChI is InChI=1S/C26H22ClN3O3S2/c1-31-17-8-11-20(22(15-17)32-2)30-25(24(29-26(30)34)19-5-3-4-14-28-19)21-12-13-23(33-21)35-18-9-6-16(27)7-10-18/h3-15,24-25H,1-2H3,(H,29,34)/t24-,25-/m0/s1. The van der Waals surface area contributed by atoms with Gasteiger partial charge in [0.05, 0.1) is 31.6 Å². The lowest BCUT2D eigenvalue weighted by Gasteiger charge is -2.27. The van der Waals surface area contributed by atoms with Gasteiger partial charge in [-0.05, 0) is 72.9 Å². The summed E-state index contributed by atoms with van der Waals surface area (Å²) in [7, 11) is 3.25. The molecule has 0 saturated carbocycles. The van der Waals surface area contributed by atoms with E-state index >= 15 is 0 Å². The van der Waals surface area contributed by atoms with Crippen molar-refractivity contribution in [2.24, 2.45) is 0 Å². The number of halogens is 1. The lowest BCUT2D eigenvalue weighted by molar-refractivity contribution is 0.378. The highest BCUT2D eigenvalue weighted by atomic mass is 35.5. The number of thiocarbonyl (C=S) groups is 1. The summed E-state index contributed by atoms with van der Waals surface area (Å²) in [6.45, 7) is 0. The molecule has 3 heterocycles. The van der Waals surface area contributed by atoms with Gasteiger partial charge in [-0.15, -0.1) is 0 Å². The SMILES string of the molecule is COc1ccc(N2C(=S)N[C@@H](c3ccccn3)[C@@H]2c2ccc(Sc3ccc(Cl)cc3)o2)c(OC)c1. The van der Waals surface area contributed by atoms with Crippen LogP contribution in [0.5, 0.6) is 11.5 Å². The molecule has 1 fully saturated rings. The first-order valence-corrected chi connectivity index (χ1v) is 12.4. The number of benzene rings is 2. The average Bonchev–Trinajstić information content (AvgIpc) is 3.49. The van der Waals surface area contributed by atoms with Crippen molar-refractivity contribution in [3.8, 4) is 11.5 Å². The highest BCUT2D eigenvalue weighted by Gasteiger charge is 2.43. The molecule has 5 rings (SSSR count). The van der Waals surface area contributed by atoms with E-state index in [-0.39, 0.29) is 12.1 Å². The van der Waals surface area contributed by atoms with E-state index < -0.39 is 0 Å². The molecule has 0 amide bonds. The first kappa shape index (κ1) is 23.5. The van der Waals surface area contributed by atoms with Crippen molar-refractivity contribution in [1.82, 2.24) is 10.3 Å². The van der Waals surface area contributed by atoms with Crippen LogP contribution in [0.1, 0.15) is 23.5 Å². The molecular formula is C26H22ClN3O3S2. The van der Waals surface area contributed by atoms with E-state index in [0.717, 1.165) is 27.1 Å². The number of anilines is 1. The van der Waals surface area contributed by atoms with Crippen LogP contribution >= 0.6 is 35.6 Å². The molecule has 2 aromatic heterocycles. The number of furan rings is 1. The van der Waals surface area contributed by atoms with Gasteiger partial charge in [0.2, 0.25) is 0 Å². The highest BCUT2D eigenvalue weighted by Crippen LogP contribution is 2.46. The van der Waals surface area contributed by atoms with Crippen LogP contribution in [0, 0.1) is 0 Å². The normalized spacial score (nSPS) is 17.3. The van der Waals surface area contributed by atoms with Gasteiger partial charge in [-0.3, -0.25) is 4.98 Å². The van der Waals surface area contributed by atoms with Crippen molar-refractivity contribution in [1.29, 1.82) is 0 Å². The van der Waals surface area contributed by atoms with E-state index in [1.807, 2.05) is 77.7 Å². The van der Waals surface area contributed by atoms with Crippen molar-refractivity contribution in [2.75, 3.05) is 19.1 Å². The molecule has 2 aromatic carbocycles. The van der Waals surface area contributed by atoms with Crippen molar-refractivity contribution in [3.05, 3.63) is 95.5 Å². The lowest BCUT2D eigenvalue weighted by Crippen LogP contribution is -2.29. The smallest absolute Gasteiger partial charge is 0.174 e. The Hall–Kier alpha value is -3.20. The second kappa shape index (κ2) is 10.2. The first-order valence-electron chi connectivity index (χ1n) is 10.8. The lowest BCUT2D eigenvalue weighted by atomic mass is 10.0. The van der Waals surface area contributed by atoms with Gasteiger partial charge in [-0.25, -0.2) is 0 Å². The summed E-state index contributed by atoms with van der Waals surface area (Å²) in [5, 5.41) is 5.45. The number of pyridine rings is 1. The van der Waals surface area contributed by atoms with Crippen LogP contribution in [0.4, 0.5) is 5.69 Å². The summed E-state index contributed by atoms with van der Waals surface area (Å²) in [6.07, 6.45) is 1.78. The van der Waals surface area contributed by atoms with Crippen molar-refractivity contribution >= 4 is 46.4 Å². The molecular weight excluding hydrogens is 502 g/mol. The Kier molecular flexibility index (Phi) is 6.86. The zero-order chi connectivity index (χ0) is 24.4. The van der Waals surface area contributed by atoms with Crippen molar-refractivity contribution < 1.29 is 13.9 Å². The molecule has 1 saturated heterocycles. The second-order valence-corrected chi connectivity index (χ2v) is 9.65. The Morgan fingerprint density at radius 1 is 1.03 bits per heavy atom. The Morgan fingerprint density at radius 3 is 2.57 bits per heavy atom. The monoisotopic (exact) mass is 523 g/mol. The summed E-state index contributed by atoms with van der Waals surface area (Å²) in [6, 6.07) is 22.6. The van der Waals surface area contributed by atoms with E-state index in [0.29, 0.717) is 21.6 Å². The minimum absolute atomic E-state index is 0.227. The van der Waals surface area contributed by atoms with Gasteiger partial charge in [0, 0.05) is 22.2 Å². The van der Waals surface area contributed by atoms with E-state index in [9.17, 15) is 0 Å². The van der Waals surface area contributed by atoms with Crippen LogP contribution in [0.25, 0.3) is 0 Å². The third kappa shape index (κ3) is 4.82. The van der Waals surface area contributed by atoms with E-state index in [1.165, 1.54) is 11.8 Å². The molecule has 4 aromatic rings. The van der Waals surface area contributed by atoms with Gasteiger partial charge in [0.1, 0.15) is 23.3 Å². The molecule has 1 N–H and O–H groups in total. The topological polar surface area (TPSA) is 59.8 Å². The Morgan fingerprint density at radius 2 is 1.86 bits per heavy atom. The van der Waals surface area contributed by atoms with Crippen LogP contribution in [0.3, 0.4) is 0 Å².